The lowest BCUT2D eigenvalue weighted by Crippen LogP contribution is -2.30. The SMILES string of the molecule is CCN(CC)S(=O)(=O)c1ccc(CNC(=O)c2cccc(C(F)(F)F)c2)cc1. The van der Waals surface area contributed by atoms with E-state index >= 15 is 0 Å². The summed E-state index contributed by atoms with van der Waals surface area (Å²) >= 11 is 0. The van der Waals surface area contributed by atoms with Gasteiger partial charge in [0.1, 0.15) is 0 Å². The van der Waals surface area contributed by atoms with Gasteiger partial charge in [0.05, 0.1) is 10.5 Å². The van der Waals surface area contributed by atoms with E-state index in [1.165, 1.54) is 28.6 Å². The maximum absolute atomic E-state index is 12.7. The predicted octanol–water partition coefficient (Wildman–Crippen LogP) is 3.67. The molecule has 0 aliphatic heterocycles. The molecule has 0 heterocycles. The van der Waals surface area contributed by atoms with E-state index in [1.54, 1.807) is 26.0 Å². The molecule has 1 amide bonds. The topological polar surface area (TPSA) is 66.5 Å². The first-order valence-electron chi connectivity index (χ1n) is 8.64. The molecule has 2 aromatic carbocycles. The lowest BCUT2D eigenvalue weighted by molar-refractivity contribution is -0.137. The van der Waals surface area contributed by atoms with E-state index in [-0.39, 0.29) is 17.0 Å². The molecule has 9 heteroatoms. The molecule has 152 valence electrons. The smallest absolute Gasteiger partial charge is 0.348 e. The highest BCUT2D eigenvalue weighted by atomic mass is 32.2. The third-order valence-electron chi connectivity index (χ3n) is 4.17. The van der Waals surface area contributed by atoms with E-state index in [4.69, 9.17) is 0 Å². The first kappa shape index (κ1) is 21.9. The summed E-state index contributed by atoms with van der Waals surface area (Å²) in [7, 11) is -3.57. The molecule has 0 aliphatic rings. The Kier molecular flexibility index (Phi) is 6.84. The van der Waals surface area contributed by atoms with Crippen LogP contribution in [0.5, 0.6) is 0 Å². The van der Waals surface area contributed by atoms with Gasteiger partial charge in [0.15, 0.2) is 0 Å². The van der Waals surface area contributed by atoms with Crippen LogP contribution in [0.3, 0.4) is 0 Å². The van der Waals surface area contributed by atoms with Gasteiger partial charge in [-0.25, -0.2) is 8.42 Å². The van der Waals surface area contributed by atoms with Crippen LogP contribution in [-0.4, -0.2) is 31.7 Å². The Morgan fingerprint density at radius 1 is 1.04 bits per heavy atom. The Bertz CT molecular complexity index is 922. The molecule has 2 aromatic rings. The van der Waals surface area contributed by atoms with Gasteiger partial charge in [0.2, 0.25) is 10.0 Å². The molecule has 0 atom stereocenters. The number of nitrogens with zero attached hydrogens (tertiary/aromatic N) is 1. The number of carbonyl (C=O) groups is 1. The number of amides is 1. The van der Waals surface area contributed by atoms with E-state index in [9.17, 15) is 26.4 Å². The van der Waals surface area contributed by atoms with Crippen molar-refractivity contribution >= 4 is 15.9 Å². The Labute approximate surface area is 162 Å². The molecule has 0 radical (unpaired) electrons. The highest BCUT2D eigenvalue weighted by Crippen LogP contribution is 2.29. The maximum Gasteiger partial charge on any atom is 0.416 e. The minimum absolute atomic E-state index is 0.0562. The van der Waals surface area contributed by atoms with E-state index in [0.29, 0.717) is 18.7 Å². The van der Waals surface area contributed by atoms with Crippen LogP contribution in [0.4, 0.5) is 13.2 Å². The molecule has 1 N–H and O–H groups in total. The van der Waals surface area contributed by atoms with Gasteiger partial charge < -0.3 is 5.32 Å². The quantitative estimate of drug-likeness (QED) is 0.752. The van der Waals surface area contributed by atoms with Gasteiger partial charge in [0, 0.05) is 25.2 Å². The molecule has 0 fully saturated rings. The average Bonchev–Trinajstić information content (AvgIpc) is 2.66. The van der Waals surface area contributed by atoms with Crippen molar-refractivity contribution in [1.82, 2.24) is 9.62 Å². The van der Waals surface area contributed by atoms with Crippen molar-refractivity contribution in [1.29, 1.82) is 0 Å². The first-order chi connectivity index (χ1) is 13.1. The number of hydrogen-bond acceptors (Lipinski definition) is 3. The van der Waals surface area contributed by atoms with Crippen LogP contribution in [0.1, 0.15) is 35.3 Å². The van der Waals surface area contributed by atoms with Crippen LogP contribution < -0.4 is 5.32 Å². The van der Waals surface area contributed by atoms with E-state index in [1.807, 2.05) is 0 Å². The fraction of sp³-hybridized carbons (Fsp3) is 0.316. The van der Waals surface area contributed by atoms with Crippen LogP contribution in [0, 0.1) is 0 Å². The molecule has 5 nitrogen and oxygen atoms in total. The van der Waals surface area contributed by atoms with Crippen molar-refractivity contribution in [2.45, 2.75) is 31.5 Å². The summed E-state index contributed by atoms with van der Waals surface area (Å²) in [5, 5.41) is 2.53. The molecule has 0 aromatic heterocycles. The van der Waals surface area contributed by atoms with Crippen molar-refractivity contribution < 1.29 is 26.4 Å². The molecule has 0 spiro atoms. The molecule has 2 rings (SSSR count). The van der Waals surface area contributed by atoms with Crippen molar-refractivity contribution in [3.8, 4) is 0 Å². The standard InChI is InChI=1S/C19H21F3N2O3S/c1-3-24(4-2)28(26,27)17-10-8-14(9-11-17)13-23-18(25)15-6-5-7-16(12-15)19(20,21)22/h5-12H,3-4,13H2,1-2H3,(H,23,25). The third kappa shape index (κ3) is 5.11. The second kappa shape index (κ2) is 8.74. The largest absolute Gasteiger partial charge is 0.416 e. The van der Waals surface area contributed by atoms with Gasteiger partial charge in [0.25, 0.3) is 5.91 Å². The zero-order valence-corrected chi connectivity index (χ0v) is 16.3. The molecular weight excluding hydrogens is 393 g/mol. The van der Waals surface area contributed by atoms with Crippen molar-refractivity contribution in [2.75, 3.05) is 13.1 Å². The summed E-state index contributed by atoms with van der Waals surface area (Å²) in [6.45, 7) is 4.26. The van der Waals surface area contributed by atoms with Crippen molar-refractivity contribution in [3.63, 3.8) is 0 Å². The molecule has 0 aliphatic carbocycles. The number of benzene rings is 2. The predicted molar refractivity (Wildman–Crippen MR) is 99.2 cm³/mol. The fourth-order valence-corrected chi connectivity index (χ4v) is 4.07. The van der Waals surface area contributed by atoms with Crippen LogP contribution in [0.2, 0.25) is 0 Å². The average molecular weight is 414 g/mol. The molecule has 28 heavy (non-hydrogen) atoms. The second-order valence-electron chi connectivity index (χ2n) is 5.99. The van der Waals surface area contributed by atoms with Gasteiger partial charge in [-0.2, -0.15) is 17.5 Å². The minimum Gasteiger partial charge on any atom is -0.348 e. The summed E-state index contributed by atoms with van der Waals surface area (Å²) < 4.78 is 64.4. The Hall–Kier alpha value is -2.39. The summed E-state index contributed by atoms with van der Waals surface area (Å²) in [5.41, 5.74) is -0.375. The van der Waals surface area contributed by atoms with Gasteiger partial charge in [-0.05, 0) is 35.9 Å². The monoisotopic (exact) mass is 414 g/mol. The fourth-order valence-electron chi connectivity index (χ4n) is 2.61. The van der Waals surface area contributed by atoms with Crippen LogP contribution in [0.25, 0.3) is 0 Å². The summed E-state index contributed by atoms with van der Waals surface area (Å²) in [4.78, 5) is 12.3. The zero-order chi connectivity index (χ0) is 20.9. The molecule has 0 saturated carbocycles. The van der Waals surface area contributed by atoms with E-state index in [2.05, 4.69) is 5.32 Å². The first-order valence-corrected chi connectivity index (χ1v) is 10.1. The number of sulfonamides is 1. The maximum atomic E-state index is 12.7. The third-order valence-corrected chi connectivity index (χ3v) is 6.24. The van der Waals surface area contributed by atoms with Gasteiger partial charge in [-0.15, -0.1) is 0 Å². The molecule has 0 saturated heterocycles. The number of halogens is 3. The molecule has 0 unspecified atom stereocenters. The van der Waals surface area contributed by atoms with Crippen molar-refractivity contribution in [2.24, 2.45) is 0 Å². The Morgan fingerprint density at radius 3 is 2.18 bits per heavy atom. The van der Waals surface area contributed by atoms with Crippen molar-refractivity contribution in [3.05, 3.63) is 65.2 Å². The second-order valence-corrected chi connectivity index (χ2v) is 7.93. The van der Waals surface area contributed by atoms with Gasteiger partial charge in [-0.3, -0.25) is 4.79 Å². The number of alkyl halides is 3. The van der Waals surface area contributed by atoms with Crippen LogP contribution in [0.15, 0.2) is 53.4 Å². The summed E-state index contributed by atoms with van der Waals surface area (Å²) in [6.07, 6.45) is -4.53. The van der Waals surface area contributed by atoms with Gasteiger partial charge in [-0.1, -0.05) is 32.0 Å². The Balaban J connectivity index is 2.07. The number of hydrogen-bond donors (Lipinski definition) is 1. The minimum atomic E-state index is -4.53. The van der Waals surface area contributed by atoms with Crippen LogP contribution >= 0.6 is 0 Å². The number of carbonyl (C=O) groups excluding carboxylic acids is 1. The lowest BCUT2D eigenvalue weighted by atomic mass is 10.1. The van der Waals surface area contributed by atoms with Crippen LogP contribution in [-0.2, 0) is 22.7 Å². The normalized spacial score (nSPS) is 12.2. The summed E-state index contributed by atoms with van der Waals surface area (Å²) in [6, 6.07) is 10.2. The lowest BCUT2D eigenvalue weighted by Gasteiger charge is -2.18. The van der Waals surface area contributed by atoms with E-state index in [0.717, 1.165) is 12.1 Å². The highest BCUT2D eigenvalue weighted by Gasteiger charge is 2.30. The summed E-state index contributed by atoms with van der Waals surface area (Å²) in [5.74, 6) is -0.647. The number of nitrogens with one attached hydrogen (secondary N) is 1. The van der Waals surface area contributed by atoms with E-state index < -0.39 is 27.7 Å². The molecule has 0 bridgehead atoms. The molecular formula is C19H21F3N2O3S. The number of rotatable bonds is 7. The zero-order valence-electron chi connectivity index (χ0n) is 15.5. The van der Waals surface area contributed by atoms with Gasteiger partial charge >= 0.3 is 6.18 Å². The highest BCUT2D eigenvalue weighted by molar-refractivity contribution is 7.89. The Morgan fingerprint density at radius 2 is 1.64 bits per heavy atom.